The van der Waals surface area contributed by atoms with Gasteiger partial charge in [0, 0.05) is 24.3 Å². The van der Waals surface area contributed by atoms with Crippen molar-refractivity contribution in [1.82, 2.24) is 15.0 Å². The zero-order valence-corrected chi connectivity index (χ0v) is 11.0. The largest absolute Gasteiger partial charge is 0.350 e. The van der Waals surface area contributed by atoms with E-state index >= 15 is 0 Å². The third-order valence-corrected chi connectivity index (χ3v) is 2.71. The van der Waals surface area contributed by atoms with E-state index in [1.54, 1.807) is 18.3 Å². The molecule has 0 amide bonds. The van der Waals surface area contributed by atoms with Crippen LogP contribution in [0.4, 0.5) is 14.6 Å². The Morgan fingerprint density at radius 2 is 2.00 bits per heavy atom. The molecule has 0 atom stereocenters. The van der Waals surface area contributed by atoms with Crippen LogP contribution in [0.25, 0.3) is 11.2 Å². The van der Waals surface area contributed by atoms with Crippen LogP contribution in [-0.2, 0) is 0 Å². The average molecular weight is 317 g/mol. The molecule has 0 saturated carbocycles. The molecule has 0 aliphatic carbocycles. The van der Waals surface area contributed by atoms with Crippen LogP contribution in [0.3, 0.4) is 0 Å². The lowest BCUT2D eigenvalue weighted by molar-refractivity contribution is 0.155. The number of rotatable bonds is 5. The first-order chi connectivity index (χ1) is 8.70. The third kappa shape index (κ3) is 3.10. The maximum atomic E-state index is 12.5. The van der Waals surface area contributed by atoms with E-state index < -0.39 is 6.43 Å². The highest BCUT2D eigenvalue weighted by Gasteiger charge is 2.14. The van der Waals surface area contributed by atoms with Gasteiger partial charge in [-0.1, -0.05) is 15.9 Å². The van der Waals surface area contributed by atoms with Gasteiger partial charge in [0.05, 0.1) is 6.54 Å². The minimum absolute atomic E-state index is 0.343. The van der Waals surface area contributed by atoms with Gasteiger partial charge in [-0.3, -0.25) is 4.98 Å². The number of halogens is 3. The third-order valence-electron chi connectivity index (χ3n) is 2.35. The SMILES string of the molecule is FC(F)CN(CCBr)c1ccc2nccnc2n1. The van der Waals surface area contributed by atoms with Crippen LogP contribution < -0.4 is 4.90 Å². The zero-order valence-electron chi connectivity index (χ0n) is 9.43. The van der Waals surface area contributed by atoms with E-state index in [0.717, 1.165) is 0 Å². The molecule has 0 spiro atoms. The molecule has 96 valence electrons. The fourth-order valence-corrected chi connectivity index (χ4v) is 2.02. The summed E-state index contributed by atoms with van der Waals surface area (Å²) in [4.78, 5) is 13.9. The van der Waals surface area contributed by atoms with Crippen LogP contribution in [0.15, 0.2) is 24.5 Å². The predicted molar refractivity (Wildman–Crippen MR) is 69.3 cm³/mol. The molecule has 2 aromatic heterocycles. The lowest BCUT2D eigenvalue weighted by Crippen LogP contribution is -2.31. The van der Waals surface area contributed by atoms with Crippen molar-refractivity contribution in [3.05, 3.63) is 24.5 Å². The molecule has 4 nitrogen and oxygen atoms in total. The van der Waals surface area contributed by atoms with Crippen LogP contribution in [0, 0.1) is 0 Å². The molecule has 0 unspecified atom stereocenters. The molecule has 0 bridgehead atoms. The molecule has 0 radical (unpaired) electrons. The van der Waals surface area contributed by atoms with Gasteiger partial charge in [-0.25, -0.2) is 18.7 Å². The number of pyridine rings is 1. The van der Waals surface area contributed by atoms with Crippen molar-refractivity contribution < 1.29 is 8.78 Å². The van der Waals surface area contributed by atoms with E-state index in [0.29, 0.717) is 28.9 Å². The summed E-state index contributed by atoms with van der Waals surface area (Å²) in [6, 6.07) is 3.42. The van der Waals surface area contributed by atoms with Crippen LogP contribution in [0.2, 0.25) is 0 Å². The number of fused-ring (bicyclic) bond motifs is 1. The first kappa shape index (κ1) is 13.1. The monoisotopic (exact) mass is 316 g/mol. The van der Waals surface area contributed by atoms with Gasteiger partial charge in [0.25, 0.3) is 6.43 Å². The normalized spacial score (nSPS) is 11.1. The van der Waals surface area contributed by atoms with Gasteiger partial charge in [0.2, 0.25) is 0 Å². The fraction of sp³-hybridized carbons (Fsp3) is 0.364. The zero-order chi connectivity index (χ0) is 13.0. The highest BCUT2D eigenvalue weighted by molar-refractivity contribution is 9.09. The Bertz CT molecular complexity index is 523. The van der Waals surface area contributed by atoms with E-state index in [9.17, 15) is 8.78 Å². The minimum atomic E-state index is -2.40. The van der Waals surface area contributed by atoms with Gasteiger partial charge >= 0.3 is 0 Å². The van der Waals surface area contributed by atoms with E-state index in [4.69, 9.17) is 0 Å². The Morgan fingerprint density at radius 3 is 2.72 bits per heavy atom. The quantitative estimate of drug-likeness (QED) is 0.795. The topological polar surface area (TPSA) is 41.9 Å². The second kappa shape index (κ2) is 5.99. The molecular formula is C11H11BrF2N4. The van der Waals surface area contributed by atoms with Crippen LogP contribution in [0.5, 0.6) is 0 Å². The molecule has 18 heavy (non-hydrogen) atoms. The van der Waals surface area contributed by atoms with Gasteiger partial charge in [-0.15, -0.1) is 0 Å². The summed E-state index contributed by atoms with van der Waals surface area (Å²) in [6.45, 7) is 0.119. The van der Waals surface area contributed by atoms with Gasteiger partial charge in [-0.05, 0) is 12.1 Å². The van der Waals surface area contributed by atoms with Gasteiger partial charge in [-0.2, -0.15) is 0 Å². The summed E-state index contributed by atoms with van der Waals surface area (Å²) < 4.78 is 25.0. The Kier molecular flexibility index (Phi) is 4.35. The highest BCUT2D eigenvalue weighted by Crippen LogP contribution is 2.16. The lowest BCUT2D eigenvalue weighted by atomic mass is 10.3. The van der Waals surface area contributed by atoms with Crippen molar-refractivity contribution >= 4 is 32.9 Å². The molecule has 0 fully saturated rings. The molecule has 0 aliphatic rings. The summed E-state index contributed by atoms with van der Waals surface area (Å²) in [5.41, 5.74) is 1.11. The first-order valence-electron chi connectivity index (χ1n) is 5.37. The van der Waals surface area contributed by atoms with Gasteiger partial charge in [0.15, 0.2) is 5.65 Å². The molecular weight excluding hydrogens is 306 g/mol. The Labute approximate surface area is 111 Å². The van der Waals surface area contributed by atoms with Crippen molar-refractivity contribution in [3.63, 3.8) is 0 Å². The molecule has 0 aromatic carbocycles. The van der Waals surface area contributed by atoms with Gasteiger partial charge in [0.1, 0.15) is 11.3 Å². The molecule has 7 heteroatoms. The van der Waals surface area contributed by atoms with Crippen LogP contribution >= 0.6 is 15.9 Å². The number of hydrogen-bond acceptors (Lipinski definition) is 4. The van der Waals surface area contributed by atoms with Crippen molar-refractivity contribution in [1.29, 1.82) is 0 Å². The summed E-state index contributed by atoms with van der Waals surface area (Å²) in [6.07, 6.45) is 0.698. The Balaban J connectivity index is 2.31. The second-order valence-electron chi connectivity index (χ2n) is 3.59. The predicted octanol–water partition coefficient (Wildman–Crippen LogP) is 2.49. The number of hydrogen-bond donors (Lipinski definition) is 0. The Morgan fingerprint density at radius 1 is 1.22 bits per heavy atom. The maximum absolute atomic E-state index is 12.5. The summed E-state index contributed by atoms with van der Waals surface area (Å²) in [5.74, 6) is 0.489. The first-order valence-corrected chi connectivity index (χ1v) is 6.49. The van der Waals surface area contributed by atoms with Crippen molar-refractivity contribution in [2.75, 3.05) is 23.3 Å². The van der Waals surface area contributed by atoms with Crippen molar-refractivity contribution in [2.24, 2.45) is 0 Å². The molecule has 0 aliphatic heterocycles. The second-order valence-corrected chi connectivity index (χ2v) is 4.39. The van der Waals surface area contributed by atoms with Gasteiger partial charge < -0.3 is 4.90 Å². The maximum Gasteiger partial charge on any atom is 0.255 e. The summed E-state index contributed by atoms with van der Waals surface area (Å²) >= 11 is 3.24. The molecule has 0 N–H and O–H groups in total. The number of nitrogens with zero attached hydrogens (tertiary/aromatic N) is 4. The minimum Gasteiger partial charge on any atom is -0.350 e. The summed E-state index contributed by atoms with van der Waals surface area (Å²) in [5, 5.41) is 0.597. The number of aromatic nitrogens is 3. The molecule has 0 saturated heterocycles. The molecule has 2 aromatic rings. The average Bonchev–Trinajstić information content (AvgIpc) is 2.37. The van der Waals surface area contributed by atoms with E-state index in [-0.39, 0.29) is 6.54 Å². The Hall–Kier alpha value is -1.37. The molecule has 2 heterocycles. The molecule has 2 rings (SSSR count). The highest BCUT2D eigenvalue weighted by atomic mass is 79.9. The van der Waals surface area contributed by atoms with E-state index in [2.05, 4.69) is 30.9 Å². The van der Waals surface area contributed by atoms with Crippen LogP contribution in [-0.4, -0.2) is 39.8 Å². The van der Waals surface area contributed by atoms with E-state index in [1.165, 1.54) is 11.1 Å². The number of anilines is 1. The van der Waals surface area contributed by atoms with Crippen LogP contribution in [0.1, 0.15) is 0 Å². The van der Waals surface area contributed by atoms with Crippen molar-refractivity contribution in [2.45, 2.75) is 6.43 Å². The smallest absolute Gasteiger partial charge is 0.255 e. The summed E-state index contributed by atoms with van der Waals surface area (Å²) in [7, 11) is 0. The number of alkyl halides is 3. The fourth-order valence-electron chi connectivity index (χ4n) is 1.59. The van der Waals surface area contributed by atoms with E-state index in [1.807, 2.05) is 0 Å². The lowest BCUT2D eigenvalue weighted by Gasteiger charge is -2.22. The van der Waals surface area contributed by atoms with Crippen molar-refractivity contribution in [3.8, 4) is 0 Å². The standard InChI is InChI=1S/C11H11BrF2N4/c12-3-6-18(7-9(13)14)10-2-1-8-11(17-10)16-5-4-15-8/h1-2,4-5,9H,3,6-7H2.